The van der Waals surface area contributed by atoms with Crippen LogP contribution in [-0.2, 0) is 14.3 Å². The van der Waals surface area contributed by atoms with Crippen LogP contribution in [0, 0.1) is 11.7 Å². The number of phenols is 1. The van der Waals surface area contributed by atoms with E-state index in [1.54, 1.807) is 14.0 Å². The number of benzene rings is 1. The van der Waals surface area contributed by atoms with Crippen molar-refractivity contribution >= 4 is 12.4 Å². The number of methoxy groups -OCH3 is 1. The van der Waals surface area contributed by atoms with Gasteiger partial charge in [-0.25, -0.2) is 9.18 Å². The number of rotatable bonds is 13. The van der Waals surface area contributed by atoms with E-state index in [0.717, 1.165) is 25.3 Å². The molecule has 0 fully saturated rings. The van der Waals surface area contributed by atoms with Gasteiger partial charge in [0.2, 0.25) is 6.41 Å². The van der Waals surface area contributed by atoms with Crippen molar-refractivity contribution in [3.63, 3.8) is 0 Å². The van der Waals surface area contributed by atoms with Crippen molar-refractivity contribution in [2.45, 2.75) is 52.5 Å². The van der Waals surface area contributed by atoms with Crippen LogP contribution in [0.4, 0.5) is 4.39 Å². The minimum atomic E-state index is -0.882. The summed E-state index contributed by atoms with van der Waals surface area (Å²) in [4.78, 5) is 24.2. The maximum Gasteiger partial charge on any atom is 0.337 e. The number of phenolic OH excluding ortho intramolecular Hbond substituents is 1. The molecule has 1 aromatic rings. The van der Waals surface area contributed by atoms with Crippen LogP contribution in [0.25, 0.3) is 0 Å². The van der Waals surface area contributed by atoms with Gasteiger partial charge in [0, 0.05) is 5.70 Å². The molecule has 3 N–H and O–H groups in total. The monoisotopic (exact) mass is 424 g/mol. The Morgan fingerprint density at radius 2 is 2.00 bits per heavy atom. The van der Waals surface area contributed by atoms with Gasteiger partial charge < -0.3 is 25.2 Å². The van der Waals surface area contributed by atoms with Crippen LogP contribution in [0.3, 0.4) is 0 Å². The SMILES string of the molecule is CCCC(CC)COC(=O)/C(=C(\CC)NC=O)C(NC)c1cc(F)c(O)c(OC)c1. The largest absolute Gasteiger partial charge is 0.502 e. The standard InChI is InChI=1S/C22H33FN2O5/c1-6-9-14(7-2)12-30-22(28)19(17(8-3)25-13-26)20(24-4)15-10-16(23)21(27)18(11-15)29-5/h10-11,13-14,20,24,27H,6-9,12H2,1-5H3,(H,25,26)/b19-17+. The Morgan fingerprint density at radius 1 is 1.30 bits per heavy atom. The lowest BCUT2D eigenvalue weighted by atomic mass is 9.95. The van der Waals surface area contributed by atoms with Gasteiger partial charge in [-0.15, -0.1) is 0 Å². The van der Waals surface area contributed by atoms with E-state index in [9.17, 15) is 19.1 Å². The van der Waals surface area contributed by atoms with E-state index in [2.05, 4.69) is 17.6 Å². The second-order valence-electron chi connectivity index (χ2n) is 6.94. The van der Waals surface area contributed by atoms with Crippen molar-refractivity contribution in [3.05, 3.63) is 34.8 Å². The van der Waals surface area contributed by atoms with Gasteiger partial charge in [-0.05, 0) is 43.5 Å². The summed E-state index contributed by atoms with van der Waals surface area (Å²) in [6.07, 6.45) is 3.64. The Balaban J connectivity index is 3.41. The molecule has 1 rings (SSSR count). The van der Waals surface area contributed by atoms with Gasteiger partial charge in [0.05, 0.1) is 25.3 Å². The predicted molar refractivity (Wildman–Crippen MR) is 113 cm³/mol. The normalized spacial score (nSPS) is 13.8. The number of carbonyl (C=O) groups excluding carboxylic acids is 2. The zero-order valence-corrected chi connectivity index (χ0v) is 18.4. The number of likely N-dealkylation sites (N-methyl/N-ethyl adjacent to an activating group) is 1. The summed E-state index contributed by atoms with van der Waals surface area (Å²) in [7, 11) is 2.91. The smallest absolute Gasteiger partial charge is 0.337 e. The molecule has 0 aliphatic heterocycles. The first kappa shape index (κ1) is 25.4. The van der Waals surface area contributed by atoms with Crippen molar-refractivity contribution < 1.29 is 28.6 Å². The molecule has 1 amide bonds. The minimum absolute atomic E-state index is 0.0617. The van der Waals surface area contributed by atoms with Gasteiger partial charge in [-0.1, -0.05) is 33.6 Å². The Hall–Kier alpha value is -2.61. The number of esters is 1. The Morgan fingerprint density at radius 3 is 2.50 bits per heavy atom. The van der Waals surface area contributed by atoms with E-state index in [-0.39, 0.29) is 23.8 Å². The Kier molecular flexibility index (Phi) is 10.9. The summed E-state index contributed by atoms with van der Waals surface area (Å²) in [6, 6.07) is 1.76. The quantitative estimate of drug-likeness (QED) is 0.254. The van der Waals surface area contributed by atoms with E-state index in [0.29, 0.717) is 24.1 Å². The molecule has 1 aromatic carbocycles. The van der Waals surface area contributed by atoms with Gasteiger partial charge in [0.1, 0.15) is 0 Å². The third-order valence-electron chi connectivity index (χ3n) is 5.04. The molecule has 0 heterocycles. The van der Waals surface area contributed by atoms with E-state index in [4.69, 9.17) is 9.47 Å². The summed E-state index contributed by atoms with van der Waals surface area (Å²) in [5.74, 6) is -1.91. The fourth-order valence-corrected chi connectivity index (χ4v) is 3.34. The molecule has 30 heavy (non-hydrogen) atoms. The number of amides is 1. The molecule has 0 radical (unpaired) electrons. The molecule has 0 spiro atoms. The molecule has 7 nitrogen and oxygen atoms in total. The molecule has 2 unspecified atom stereocenters. The molecule has 0 aromatic heterocycles. The van der Waals surface area contributed by atoms with E-state index in [1.165, 1.54) is 13.2 Å². The third-order valence-corrected chi connectivity index (χ3v) is 5.04. The summed E-state index contributed by atoms with van der Waals surface area (Å²) in [5.41, 5.74) is 0.881. The van der Waals surface area contributed by atoms with E-state index < -0.39 is 23.6 Å². The van der Waals surface area contributed by atoms with Gasteiger partial charge in [-0.2, -0.15) is 0 Å². The molecule has 8 heteroatoms. The van der Waals surface area contributed by atoms with Gasteiger partial charge >= 0.3 is 5.97 Å². The van der Waals surface area contributed by atoms with Crippen LogP contribution in [0.2, 0.25) is 0 Å². The van der Waals surface area contributed by atoms with Crippen LogP contribution >= 0.6 is 0 Å². The second kappa shape index (κ2) is 12.8. The first-order chi connectivity index (χ1) is 14.4. The molecule has 0 saturated heterocycles. The van der Waals surface area contributed by atoms with E-state index in [1.807, 2.05) is 6.92 Å². The molecule has 0 aliphatic rings. The Bertz CT molecular complexity index is 751. The molecule has 168 valence electrons. The van der Waals surface area contributed by atoms with E-state index >= 15 is 0 Å². The number of ether oxygens (including phenoxy) is 2. The van der Waals surface area contributed by atoms with Gasteiger partial charge in [0.15, 0.2) is 17.3 Å². The number of halogens is 1. The predicted octanol–water partition coefficient (Wildman–Crippen LogP) is 3.58. The lowest BCUT2D eigenvalue weighted by molar-refractivity contribution is -0.141. The topological polar surface area (TPSA) is 96.9 Å². The summed E-state index contributed by atoms with van der Waals surface area (Å²) in [5, 5.41) is 15.3. The number of aromatic hydroxyl groups is 1. The van der Waals surface area contributed by atoms with Gasteiger partial charge in [-0.3, -0.25) is 4.79 Å². The van der Waals surface area contributed by atoms with Crippen LogP contribution in [-0.4, -0.2) is 38.3 Å². The molecular weight excluding hydrogens is 391 g/mol. The second-order valence-corrected chi connectivity index (χ2v) is 6.94. The van der Waals surface area contributed by atoms with Crippen molar-refractivity contribution in [1.29, 1.82) is 0 Å². The third kappa shape index (κ3) is 6.45. The van der Waals surface area contributed by atoms with Crippen molar-refractivity contribution in [2.24, 2.45) is 5.92 Å². The number of nitrogens with one attached hydrogen (secondary N) is 2. The highest BCUT2D eigenvalue weighted by Crippen LogP contribution is 2.35. The number of carbonyl (C=O) groups is 2. The molecule has 2 atom stereocenters. The van der Waals surface area contributed by atoms with Crippen molar-refractivity contribution in [3.8, 4) is 11.5 Å². The number of allylic oxidation sites excluding steroid dienone is 1. The van der Waals surface area contributed by atoms with Crippen LogP contribution in [0.1, 0.15) is 58.1 Å². The molecule has 0 bridgehead atoms. The highest BCUT2D eigenvalue weighted by molar-refractivity contribution is 5.91. The first-order valence-corrected chi connectivity index (χ1v) is 10.2. The minimum Gasteiger partial charge on any atom is -0.502 e. The molecule has 0 aliphatic carbocycles. The fraction of sp³-hybridized carbons (Fsp3) is 0.545. The van der Waals surface area contributed by atoms with Crippen LogP contribution in [0.15, 0.2) is 23.4 Å². The van der Waals surface area contributed by atoms with Crippen LogP contribution < -0.4 is 15.4 Å². The molecular formula is C22H33FN2O5. The van der Waals surface area contributed by atoms with Crippen molar-refractivity contribution in [1.82, 2.24) is 10.6 Å². The Labute approximate surface area is 177 Å². The summed E-state index contributed by atoms with van der Waals surface area (Å²) < 4.78 is 24.9. The van der Waals surface area contributed by atoms with Crippen LogP contribution in [0.5, 0.6) is 11.5 Å². The maximum absolute atomic E-state index is 14.2. The lowest BCUT2D eigenvalue weighted by Crippen LogP contribution is -2.30. The van der Waals surface area contributed by atoms with Gasteiger partial charge in [0.25, 0.3) is 0 Å². The average Bonchev–Trinajstić information content (AvgIpc) is 2.75. The summed E-state index contributed by atoms with van der Waals surface area (Å²) >= 11 is 0. The zero-order chi connectivity index (χ0) is 22.7. The average molecular weight is 425 g/mol. The lowest BCUT2D eigenvalue weighted by Gasteiger charge is -2.24. The highest BCUT2D eigenvalue weighted by Gasteiger charge is 2.28. The maximum atomic E-state index is 14.2. The highest BCUT2D eigenvalue weighted by atomic mass is 19.1. The molecule has 0 saturated carbocycles. The van der Waals surface area contributed by atoms with Crippen molar-refractivity contribution in [2.75, 3.05) is 20.8 Å². The summed E-state index contributed by atoms with van der Waals surface area (Å²) in [6.45, 7) is 6.16. The first-order valence-electron chi connectivity index (χ1n) is 10.2. The zero-order valence-electron chi connectivity index (χ0n) is 18.4. The number of hydrogen-bond donors (Lipinski definition) is 3. The fourth-order valence-electron chi connectivity index (χ4n) is 3.34. The number of hydrogen-bond acceptors (Lipinski definition) is 6.